The molecule has 0 spiro atoms. The Morgan fingerprint density at radius 2 is 1.85 bits per heavy atom. The third-order valence-corrected chi connectivity index (χ3v) is 5.08. The molecule has 1 saturated heterocycles. The van der Waals surface area contributed by atoms with E-state index in [1.165, 1.54) is 4.90 Å². The molecule has 0 aliphatic carbocycles. The van der Waals surface area contributed by atoms with Crippen molar-refractivity contribution in [2.75, 3.05) is 25.1 Å². The second-order valence-electron chi connectivity index (χ2n) is 6.11. The van der Waals surface area contributed by atoms with E-state index >= 15 is 0 Å². The highest BCUT2D eigenvalue weighted by Gasteiger charge is 2.38. The van der Waals surface area contributed by atoms with E-state index in [9.17, 15) is 9.59 Å². The monoisotopic (exact) mass is 418 g/mol. The molecule has 1 aliphatic rings. The van der Waals surface area contributed by atoms with Crippen LogP contribution in [0.1, 0.15) is 5.56 Å². The van der Waals surface area contributed by atoms with Crippen molar-refractivity contribution in [3.05, 3.63) is 58.6 Å². The maximum Gasteiger partial charge on any atom is 0.407 e. The van der Waals surface area contributed by atoms with E-state index < -0.39 is 6.09 Å². The molecule has 0 saturated carbocycles. The first-order valence-corrected chi connectivity index (χ1v) is 8.95. The highest BCUT2D eigenvalue weighted by Crippen LogP contribution is 2.30. The standard InChI is InChI=1S/C19H19BrN2O4/c1-26-15-8-6-13(7-9-15)10-22(17-5-3-2-4-16(17)20)18(23)14-11-21(12-14)19(24)25/h2-9,14H,10-12H2,1H3,(H,24,25). The van der Waals surface area contributed by atoms with Gasteiger partial charge in [-0.1, -0.05) is 24.3 Å². The molecule has 0 bridgehead atoms. The van der Waals surface area contributed by atoms with Crippen LogP contribution >= 0.6 is 15.9 Å². The molecule has 6 nitrogen and oxygen atoms in total. The number of carboxylic acid groups (broad SMARTS) is 1. The Morgan fingerprint density at radius 1 is 1.19 bits per heavy atom. The molecule has 1 heterocycles. The van der Waals surface area contributed by atoms with E-state index in [0.29, 0.717) is 6.54 Å². The number of anilines is 1. The van der Waals surface area contributed by atoms with Crippen molar-refractivity contribution in [2.24, 2.45) is 5.92 Å². The summed E-state index contributed by atoms with van der Waals surface area (Å²) in [6.45, 7) is 0.866. The second kappa shape index (κ2) is 7.78. The van der Waals surface area contributed by atoms with Gasteiger partial charge in [-0.3, -0.25) is 4.79 Å². The van der Waals surface area contributed by atoms with Crippen LogP contribution in [0.5, 0.6) is 5.75 Å². The summed E-state index contributed by atoms with van der Waals surface area (Å²) < 4.78 is 5.99. The number of halogens is 1. The molecule has 0 unspecified atom stereocenters. The number of hydrogen-bond donors (Lipinski definition) is 1. The fourth-order valence-electron chi connectivity index (χ4n) is 2.88. The number of para-hydroxylation sites is 1. The van der Waals surface area contributed by atoms with Crippen LogP contribution in [0, 0.1) is 5.92 Å². The van der Waals surface area contributed by atoms with Gasteiger partial charge < -0.3 is 19.6 Å². The number of nitrogens with zero attached hydrogens (tertiary/aromatic N) is 2. The van der Waals surface area contributed by atoms with Gasteiger partial charge in [-0.15, -0.1) is 0 Å². The number of hydrogen-bond acceptors (Lipinski definition) is 3. The quantitative estimate of drug-likeness (QED) is 0.804. The van der Waals surface area contributed by atoms with Crippen molar-refractivity contribution < 1.29 is 19.4 Å². The molecule has 0 radical (unpaired) electrons. The molecule has 1 fully saturated rings. The Labute approximate surface area is 160 Å². The zero-order valence-electron chi connectivity index (χ0n) is 14.3. The van der Waals surface area contributed by atoms with Gasteiger partial charge in [0.2, 0.25) is 5.91 Å². The van der Waals surface area contributed by atoms with Gasteiger partial charge in [0.1, 0.15) is 5.75 Å². The SMILES string of the molecule is COc1ccc(CN(C(=O)C2CN(C(=O)O)C2)c2ccccc2Br)cc1. The molecule has 2 aromatic carbocycles. The van der Waals surface area contributed by atoms with Crippen LogP contribution in [0.25, 0.3) is 0 Å². The maximum atomic E-state index is 13.0. The summed E-state index contributed by atoms with van der Waals surface area (Å²) in [6, 6.07) is 15.1. The van der Waals surface area contributed by atoms with Crippen molar-refractivity contribution >= 4 is 33.6 Å². The summed E-state index contributed by atoms with van der Waals surface area (Å²) in [4.78, 5) is 27.0. The molecule has 0 atom stereocenters. The number of benzene rings is 2. The molecule has 0 aromatic heterocycles. The topological polar surface area (TPSA) is 70.1 Å². The first-order chi connectivity index (χ1) is 12.5. The maximum absolute atomic E-state index is 13.0. The van der Waals surface area contributed by atoms with E-state index in [1.807, 2.05) is 48.5 Å². The molecule has 3 rings (SSSR count). The van der Waals surface area contributed by atoms with Gasteiger partial charge >= 0.3 is 6.09 Å². The van der Waals surface area contributed by atoms with E-state index in [2.05, 4.69) is 15.9 Å². The second-order valence-corrected chi connectivity index (χ2v) is 6.96. The molecule has 7 heteroatoms. The Hall–Kier alpha value is -2.54. The zero-order valence-corrected chi connectivity index (χ0v) is 15.8. The van der Waals surface area contributed by atoms with Crippen molar-refractivity contribution in [1.82, 2.24) is 4.90 Å². The van der Waals surface area contributed by atoms with Gasteiger partial charge in [-0.05, 0) is 45.8 Å². The van der Waals surface area contributed by atoms with Gasteiger partial charge in [-0.25, -0.2) is 4.79 Å². The highest BCUT2D eigenvalue weighted by atomic mass is 79.9. The van der Waals surface area contributed by atoms with E-state index in [0.717, 1.165) is 21.5 Å². The van der Waals surface area contributed by atoms with E-state index in [-0.39, 0.29) is 24.9 Å². The van der Waals surface area contributed by atoms with Crippen LogP contribution in [0.3, 0.4) is 0 Å². The van der Waals surface area contributed by atoms with Crippen molar-refractivity contribution in [3.8, 4) is 5.75 Å². The van der Waals surface area contributed by atoms with Gasteiger partial charge in [0.05, 0.1) is 25.3 Å². The fourth-order valence-corrected chi connectivity index (χ4v) is 3.38. The zero-order chi connectivity index (χ0) is 18.7. The normalized spacial score (nSPS) is 13.8. The largest absolute Gasteiger partial charge is 0.497 e. The summed E-state index contributed by atoms with van der Waals surface area (Å²) in [5, 5.41) is 9.00. The Kier molecular flexibility index (Phi) is 5.46. The predicted octanol–water partition coefficient (Wildman–Crippen LogP) is 3.60. The Balaban J connectivity index is 1.83. The van der Waals surface area contributed by atoms with E-state index in [4.69, 9.17) is 9.84 Å². The molecule has 1 aliphatic heterocycles. The van der Waals surface area contributed by atoms with E-state index in [1.54, 1.807) is 12.0 Å². The molecular formula is C19H19BrN2O4. The van der Waals surface area contributed by atoms with Gasteiger partial charge in [0.15, 0.2) is 0 Å². The van der Waals surface area contributed by atoms with Crippen molar-refractivity contribution in [2.45, 2.75) is 6.54 Å². The number of amides is 2. The van der Waals surface area contributed by atoms with Crippen LogP contribution < -0.4 is 9.64 Å². The summed E-state index contributed by atoms with van der Waals surface area (Å²) >= 11 is 3.51. The molecular weight excluding hydrogens is 400 g/mol. The third kappa shape index (κ3) is 3.83. The fraction of sp³-hybridized carbons (Fsp3) is 0.263. The number of methoxy groups -OCH3 is 1. The Bertz CT molecular complexity index is 803. The van der Waals surface area contributed by atoms with Crippen LogP contribution in [-0.2, 0) is 11.3 Å². The average Bonchev–Trinajstić information content (AvgIpc) is 2.59. The molecule has 2 amide bonds. The number of rotatable bonds is 5. The minimum absolute atomic E-state index is 0.0785. The van der Waals surface area contributed by atoms with Crippen molar-refractivity contribution in [3.63, 3.8) is 0 Å². The molecule has 26 heavy (non-hydrogen) atoms. The van der Waals surface area contributed by atoms with Crippen LogP contribution in [-0.4, -0.2) is 42.2 Å². The molecule has 2 aromatic rings. The summed E-state index contributed by atoms with van der Waals surface area (Å²) in [6.07, 6.45) is -0.989. The number of ether oxygens (including phenoxy) is 1. The lowest BCUT2D eigenvalue weighted by Gasteiger charge is -2.39. The lowest BCUT2D eigenvalue weighted by atomic mass is 9.98. The first-order valence-electron chi connectivity index (χ1n) is 8.16. The van der Waals surface area contributed by atoms with Crippen LogP contribution in [0.4, 0.5) is 10.5 Å². The molecule has 136 valence electrons. The third-order valence-electron chi connectivity index (χ3n) is 4.41. The minimum Gasteiger partial charge on any atom is -0.497 e. The lowest BCUT2D eigenvalue weighted by Crippen LogP contribution is -2.56. The number of carbonyl (C=O) groups excluding carboxylic acids is 1. The summed E-state index contributed by atoms with van der Waals surface area (Å²) in [5.41, 5.74) is 1.73. The van der Waals surface area contributed by atoms with Gasteiger partial charge in [0.25, 0.3) is 0 Å². The lowest BCUT2D eigenvalue weighted by molar-refractivity contribution is -0.126. The van der Waals surface area contributed by atoms with Gasteiger partial charge in [0, 0.05) is 17.6 Å². The first kappa shape index (κ1) is 18.3. The average molecular weight is 419 g/mol. The number of carbonyl (C=O) groups is 2. The van der Waals surface area contributed by atoms with Crippen LogP contribution in [0.2, 0.25) is 0 Å². The summed E-state index contributed by atoms with van der Waals surface area (Å²) in [7, 11) is 1.61. The molecule has 1 N–H and O–H groups in total. The van der Waals surface area contributed by atoms with Gasteiger partial charge in [-0.2, -0.15) is 0 Å². The highest BCUT2D eigenvalue weighted by molar-refractivity contribution is 9.10. The number of likely N-dealkylation sites (tertiary alicyclic amines) is 1. The Morgan fingerprint density at radius 3 is 2.42 bits per heavy atom. The minimum atomic E-state index is -0.989. The van der Waals surface area contributed by atoms with Crippen LogP contribution in [0.15, 0.2) is 53.0 Å². The van der Waals surface area contributed by atoms with Crippen molar-refractivity contribution in [1.29, 1.82) is 0 Å². The predicted molar refractivity (Wildman–Crippen MR) is 101 cm³/mol. The smallest absolute Gasteiger partial charge is 0.407 e. The summed E-state index contributed by atoms with van der Waals surface area (Å²) in [5.74, 6) is 0.352.